The topological polar surface area (TPSA) is 0 Å². The van der Waals surface area contributed by atoms with Crippen LogP contribution in [0.5, 0.6) is 0 Å². The second kappa shape index (κ2) is 8.55. The van der Waals surface area contributed by atoms with Crippen molar-refractivity contribution in [3.05, 3.63) is 48.6 Å². The first-order valence-corrected chi connectivity index (χ1v) is 5.53. The molecule has 1 rings (SSSR count). The highest BCUT2D eigenvalue weighted by Gasteiger charge is 1.83. The summed E-state index contributed by atoms with van der Waals surface area (Å²) >= 11 is 0. The number of rotatable bonds is 0. The zero-order chi connectivity index (χ0) is 9.90. The molecule has 0 bridgehead atoms. The lowest BCUT2D eigenvalue weighted by Crippen LogP contribution is -1.73. The highest BCUT2D eigenvalue weighted by atomic mass is 13.9. The molecule has 0 saturated heterocycles. The number of hydrogen-bond acceptors (Lipinski definition) is 0. The molecule has 0 atom stereocenters. The monoisotopic (exact) mass is 187 g/mol. The first-order valence-electron chi connectivity index (χ1n) is 5.53. The van der Waals surface area contributed by atoms with Gasteiger partial charge < -0.3 is 0 Å². The van der Waals surface area contributed by atoms with Gasteiger partial charge >= 0.3 is 0 Å². The van der Waals surface area contributed by atoms with E-state index in [0.717, 1.165) is 19.3 Å². The third-order valence-electron chi connectivity index (χ3n) is 2.18. The van der Waals surface area contributed by atoms with Gasteiger partial charge in [0.25, 0.3) is 0 Å². The Kier molecular flexibility index (Phi) is 6.74. The maximum atomic E-state index is 3.18. The zero-order valence-corrected chi connectivity index (χ0v) is 8.78. The minimum absolute atomic E-state index is 1.02. The normalized spacial score (nSPS) is 28.6. The van der Waals surface area contributed by atoms with Crippen LogP contribution in [0.1, 0.15) is 38.5 Å². The van der Waals surface area contributed by atoms with Gasteiger partial charge in [-0.3, -0.25) is 0 Å². The summed E-state index contributed by atoms with van der Waals surface area (Å²) in [6, 6.07) is 0. The van der Waals surface area contributed by atoms with Crippen molar-refractivity contribution in [2.45, 2.75) is 38.5 Å². The first-order chi connectivity index (χ1) is 7.00. The van der Waals surface area contributed by atoms with Crippen molar-refractivity contribution < 1.29 is 0 Å². The average Bonchev–Trinajstić information content (AvgIpc) is 2.22. The van der Waals surface area contributed by atoms with Crippen LogP contribution in [0.2, 0.25) is 0 Å². The molecule has 0 aromatic carbocycles. The predicted octanol–water partition coefficient (Wildman–Crippen LogP) is 4.37. The van der Waals surface area contributed by atoms with E-state index < -0.39 is 0 Å². The molecule has 0 fully saturated rings. The van der Waals surface area contributed by atoms with Crippen LogP contribution in [0.15, 0.2) is 42.5 Å². The largest absolute Gasteiger partial charge is 0.0882 e. The molecule has 0 spiro atoms. The summed E-state index contributed by atoms with van der Waals surface area (Å²) in [6.45, 7) is 0. The van der Waals surface area contributed by atoms with Crippen molar-refractivity contribution in [3.8, 4) is 0 Å². The summed E-state index contributed by atoms with van der Waals surface area (Å²) < 4.78 is 0. The molecule has 0 amide bonds. The molecular weight excluding hydrogens is 168 g/mol. The van der Waals surface area contributed by atoms with E-state index in [9.17, 15) is 0 Å². The van der Waals surface area contributed by atoms with Gasteiger partial charge in [0, 0.05) is 0 Å². The fourth-order valence-corrected chi connectivity index (χ4v) is 1.36. The highest BCUT2D eigenvalue weighted by molar-refractivity contribution is 5.01. The van der Waals surface area contributed by atoms with Crippen molar-refractivity contribution >= 4 is 0 Å². The molecule has 0 unspecified atom stereocenters. The van der Waals surface area contributed by atoms with E-state index in [0.29, 0.717) is 0 Å². The third-order valence-corrected chi connectivity index (χ3v) is 2.18. The van der Waals surface area contributed by atoms with Crippen LogP contribution in [0.3, 0.4) is 0 Å². The highest BCUT2D eigenvalue weighted by Crippen LogP contribution is 2.03. The molecule has 1 aliphatic carbocycles. The first kappa shape index (κ1) is 11.0. The maximum Gasteiger partial charge on any atom is -0.0166 e. The summed E-state index contributed by atoms with van der Waals surface area (Å²) in [6.07, 6.45) is 25.5. The smallest absolute Gasteiger partial charge is 0.0166 e. The molecule has 0 heteroatoms. The Labute approximate surface area is 87.7 Å². The van der Waals surface area contributed by atoms with Crippen molar-refractivity contribution in [3.63, 3.8) is 0 Å². The molecule has 0 aromatic rings. The molecule has 1 radical (unpaired) electrons. The number of allylic oxidation sites excluding steroid dienone is 8. The Hall–Kier alpha value is -1.04. The summed E-state index contributed by atoms with van der Waals surface area (Å²) in [5.74, 6) is 0. The van der Waals surface area contributed by atoms with Gasteiger partial charge in [-0.2, -0.15) is 0 Å². The van der Waals surface area contributed by atoms with Crippen LogP contribution in [-0.2, 0) is 0 Å². The van der Waals surface area contributed by atoms with Crippen LogP contribution in [-0.4, -0.2) is 0 Å². The van der Waals surface area contributed by atoms with E-state index >= 15 is 0 Å². The minimum Gasteiger partial charge on any atom is -0.0882 e. The van der Waals surface area contributed by atoms with Crippen molar-refractivity contribution in [2.75, 3.05) is 0 Å². The lowest BCUT2D eigenvalue weighted by molar-refractivity contribution is 0.760. The van der Waals surface area contributed by atoms with E-state index in [4.69, 9.17) is 0 Å². The van der Waals surface area contributed by atoms with Gasteiger partial charge in [0.05, 0.1) is 0 Å². The fraction of sp³-hybridized carbons (Fsp3) is 0.429. The minimum atomic E-state index is 1.02. The van der Waals surface area contributed by atoms with Crippen LogP contribution in [0.4, 0.5) is 0 Å². The maximum absolute atomic E-state index is 3.18. The van der Waals surface area contributed by atoms with E-state index in [1.807, 2.05) is 6.08 Å². The quantitative estimate of drug-likeness (QED) is 0.494. The molecule has 1 aliphatic rings. The van der Waals surface area contributed by atoms with Crippen molar-refractivity contribution in [1.29, 1.82) is 0 Å². The lowest BCUT2D eigenvalue weighted by Gasteiger charge is -1.92. The average molecular weight is 187 g/mol. The predicted molar refractivity (Wildman–Crippen MR) is 62.9 cm³/mol. The van der Waals surface area contributed by atoms with Gasteiger partial charge in [-0.25, -0.2) is 0 Å². The van der Waals surface area contributed by atoms with Gasteiger partial charge in [0.1, 0.15) is 0 Å². The summed E-state index contributed by atoms with van der Waals surface area (Å²) in [5, 5.41) is 0. The molecular formula is C14H19. The molecule has 75 valence electrons. The summed E-state index contributed by atoms with van der Waals surface area (Å²) in [4.78, 5) is 0. The summed E-state index contributed by atoms with van der Waals surface area (Å²) in [5.41, 5.74) is 0. The Morgan fingerprint density at radius 2 is 1.43 bits per heavy atom. The van der Waals surface area contributed by atoms with Gasteiger partial charge in [-0.05, 0) is 44.6 Å². The fourth-order valence-electron chi connectivity index (χ4n) is 1.36. The van der Waals surface area contributed by atoms with Crippen LogP contribution in [0, 0.1) is 6.08 Å². The van der Waals surface area contributed by atoms with Crippen LogP contribution >= 0.6 is 0 Å². The van der Waals surface area contributed by atoms with Crippen LogP contribution < -0.4 is 0 Å². The van der Waals surface area contributed by atoms with E-state index in [1.165, 1.54) is 19.3 Å². The van der Waals surface area contributed by atoms with E-state index in [2.05, 4.69) is 42.5 Å². The third kappa shape index (κ3) is 6.47. The molecule has 0 saturated carbocycles. The van der Waals surface area contributed by atoms with Gasteiger partial charge in [-0.1, -0.05) is 42.5 Å². The molecule has 0 aliphatic heterocycles. The van der Waals surface area contributed by atoms with E-state index in [-0.39, 0.29) is 0 Å². The Balaban J connectivity index is 2.35. The second-order valence-corrected chi connectivity index (χ2v) is 3.47. The lowest BCUT2D eigenvalue weighted by atomic mass is 10.1. The molecule has 0 N–H and O–H groups in total. The number of hydrogen-bond donors (Lipinski definition) is 0. The molecule has 0 nitrogen and oxygen atoms in total. The van der Waals surface area contributed by atoms with Crippen molar-refractivity contribution in [1.82, 2.24) is 0 Å². The van der Waals surface area contributed by atoms with Gasteiger partial charge in [0.15, 0.2) is 0 Å². The molecule has 14 heavy (non-hydrogen) atoms. The zero-order valence-electron chi connectivity index (χ0n) is 8.78. The SMILES string of the molecule is [C]1=C/CCCC/C=C\C/C=C\C/C=C/1. The Bertz CT molecular complexity index is 228. The van der Waals surface area contributed by atoms with Crippen LogP contribution in [0.25, 0.3) is 0 Å². The second-order valence-electron chi connectivity index (χ2n) is 3.47. The standard InChI is InChI=1S/C14H19/c1-2-4-6-8-10-12-14-13-11-9-7-5-3-1/h1-2,5-8,12H,3-4,9,11,13-14H2/b2-1-,7-5-,8-6+,12-10?. The Morgan fingerprint density at radius 3 is 2.36 bits per heavy atom. The Morgan fingerprint density at radius 1 is 0.714 bits per heavy atom. The van der Waals surface area contributed by atoms with Gasteiger partial charge in [0.2, 0.25) is 0 Å². The van der Waals surface area contributed by atoms with Gasteiger partial charge in [-0.15, -0.1) is 0 Å². The molecule has 0 aromatic heterocycles. The summed E-state index contributed by atoms with van der Waals surface area (Å²) in [7, 11) is 0. The molecule has 0 heterocycles. The van der Waals surface area contributed by atoms with E-state index in [1.54, 1.807) is 0 Å². The van der Waals surface area contributed by atoms with Crippen molar-refractivity contribution in [2.24, 2.45) is 0 Å².